The molecule has 1 aromatic carbocycles. The summed E-state index contributed by atoms with van der Waals surface area (Å²) in [6, 6.07) is 6.18. The molecule has 1 saturated heterocycles. The topological polar surface area (TPSA) is 44.7 Å². The fraction of sp³-hybridized carbons (Fsp3) is 0.647. The molecule has 1 heterocycles. The third kappa shape index (κ3) is 4.35. The van der Waals surface area contributed by atoms with Crippen LogP contribution < -0.4 is 10.1 Å². The van der Waals surface area contributed by atoms with Gasteiger partial charge in [-0.05, 0) is 36.5 Å². The summed E-state index contributed by atoms with van der Waals surface area (Å²) in [6.07, 6.45) is 2.35. The first kappa shape index (κ1) is 16.1. The van der Waals surface area contributed by atoms with Crippen LogP contribution in [0.4, 0.5) is 0 Å². The molecule has 1 fully saturated rings. The molecule has 0 radical (unpaired) electrons. The molecule has 0 amide bonds. The van der Waals surface area contributed by atoms with Gasteiger partial charge in [-0.25, -0.2) is 0 Å². The Hall–Kier alpha value is -1.26. The zero-order valence-electron chi connectivity index (χ0n) is 13.4. The van der Waals surface area contributed by atoms with Crippen molar-refractivity contribution in [2.45, 2.75) is 32.7 Å². The maximum Gasteiger partial charge on any atom is 0.160 e. The first-order valence-electron chi connectivity index (χ1n) is 7.93. The van der Waals surface area contributed by atoms with Crippen molar-refractivity contribution in [3.63, 3.8) is 0 Å². The maximum absolute atomic E-state index is 9.80. The molecule has 0 bridgehead atoms. The number of hydrogen-bond donors (Lipinski definition) is 2. The van der Waals surface area contributed by atoms with Crippen molar-refractivity contribution in [3.05, 3.63) is 23.8 Å². The monoisotopic (exact) mass is 292 g/mol. The zero-order chi connectivity index (χ0) is 15.2. The number of hydrogen-bond acceptors (Lipinski definition) is 4. The number of piperazine rings is 1. The second-order valence-corrected chi connectivity index (χ2v) is 6.20. The predicted molar refractivity (Wildman–Crippen MR) is 85.9 cm³/mol. The average molecular weight is 292 g/mol. The Bertz CT molecular complexity index is 442. The van der Waals surface area contributed by atoms with Crippen LogP contribution in [0.5, 0.6) is 11.5 Å². The van der Waals surface area contributed by atoms with E-state index in [4.69, 9.17) is 4.74 Å². The Kier molecular flexibility index (Phi) is 5.88. The summed E-state index contributed by atoms with van der Waals surface area (Å²) in [6.45, 7) is 8.79. The molecule has 21 heavy (non-hydrogen) atoms. The first-order valence-corrected chi connectivity index (χ1v) is 7.93. The summed E-state index contributed by atoms with van der Waals surface area (Å²) in [5, 5.41) is 13.2. The van der Waals surface area contributed by atoms with Crippen LogP contribution in [0.15, 0.2) is 18.2 Å². The van der Waals surface area contributed by atoms with Gasteiger partial charge >= 0.3 is 0 Å². The van der Waals surface area contributed by atoms with E-state index in [1.165, 1.54) is 12.0 Å². The summed E-state index contributed by atoms with van der Waals surface area (Å²) >= 11 is 0. The van der Waals surface area contributed by atoms with Gasteiger partial charge < -0.3 is 15.2 Å². The van der Waals surface area contributed by atoms with Gasteiger partial charge in [0.25, 0.3) is 0 Å². The first-order chi connectivity index (χ1) is 10.1. The number of nitrogens with one attached hydrogen (secondary N) is 1. The van der Waals surface area contributed by atoms with E-state index in [0.29, 0.717) is 17.7 Å². The van der Waals surface area contributed by atoms with Gasteiger partial charge in [0, 0.05) is 32.2 Å². The number of nitrogens with zero attached hydrogens (tertiary/aromatic N) is 1. The fourth-order valence-corrected chi connectivity index (χ4v) is 2.95. The number of benzene rings is 1. The number of rotatable bonds is 6. The van der Waals surface area contributed by atoms with Crippen molar-refractivity contribution >= 4 is 0 Å². The number of phenols is 1. The SMILES string of the molecule is COc1cc([C@H](CCC(C)C)N2CCNCC2)ccc1O. The van der Waals surface area contributed by atoms with Crippen LogP contribution in [0.3, 0.4) is 0 Å². The maximum atomic E-state index is 9.80. The third-order valence-corrected chi connectivity index (χ3v) is 4.20. The minimum absolute atomic E-state index is 0.212. The van der Waals surface area contributed by atoms with E-state index in [0.717, 1.165) is 32.6 Å². The van der Waals surface area contributed by atoms with Gasteiger partial charge in [0.15, 0.2) is 11.5 Å². The quantitative estimate of drug-likeness (QED) is 0.846. The molecule has 2 N–H and O–H groups in total. The normalized spacial score (nSPS) is 17.9. The lowest BCUT2D eigenvalue weighted by Gasteiger charge is -2.35. The van der Waals surface area contributed by atoms with E-state index in [1.807, 2.05) is 12.1 Å². The number of methoxy groups -OCH3 is 1. The van der Waals surface area contributed by atoms with Gasteiger partial charge in [-0.2, -0.15) is 0 Å². The Balaban J connectivity index is 2.20. The van der Waals surface area contributed by atoms with Gasteiger partial charge in [0.1, 0.15) is 0 Å². The summed E-state index contributed by atoms with van der Waals surface area (Å²) in [5.74, 6) is 1.48. The van der Waals surface area contributed by atoms with Crippen LogP contribution in [-0.2, 0) is 0 Å². The molecule has 118 valence electrons. The van der Waals surface area contributed by atoms with Gasteiger partial charge in [0.05, 0.1) is 7.11 Å². The second-order valence-electron chi connectivity index (χ2n) is 6.20. The van der Waals surface area contributed by atoms with Gasteiger partial charge in [-0.15, -0.1) is 0 Å². The van der Waals surface area contributed by atoms with Crippen molar-refractivity contribution in [3.8, 4) is 11.5 Å². The van der Waals surface area contributed by atoms with E-state index in [-0.39, 0.29) is 5.75 Å². The second kappa shape index (κ2) is 7.66. The minimum atomic E-state index is 0.212. The lowest BCUT2D eigenvalue weighted by Crippen LogP contribution is -2.45. The van der Waals surface area contributed by atoms with Crippen LogP contribution in [0.25, 0.3) is 0 Å². The van der Waals surface area contributed by atoms with Crippen molar-refractivity contribution in [1.82, 2.24) is 10.2 Å². The predicted octanol–water partition coefficient (Wildman–Crippen LogP) is 2.78. The number of phenolic OH excluding ortho intramolecular Hbond substituents is 1. The standard InChI is InChI=1S/C17H28N2O2/c1-13(2)4-6-15(19-10-8-18-9-11-19)14-5-7-16(20)17(12-14)21-3/h5,7,12-13,15,18,20H,4,6,8-11H2,1-3H3/t15-/m0/s1. The fourth-order valence-electron chi connectivity index (χ4n) is 2.95. The van der Waals surface area contributed by atoms with Crippen LogP contribution in [0, 0.1) is 5.92 Å². The molecule has 0 unspecified atom stereocenters. The lowest BCUT2D eigenvalue weighted by molar-refractivity contribution is 0.159. The molecule has 0 aromatic heterocycles. The summed E-state index contributed by atoms with van der Waals surface area (Å²) < 4.78 is 5.27. The molecule has 4 heteroatoms. The smallest absolute Gasteiger partial charge is 0.160 e. The highest BCUT2D eigenvalue weighted by Gasteiger charge is 2.23. The summed E-state index contributed by atoms with van der Waals surface area (Å²) in [4.78, 5) is 2.55. The van der Waals surface area contributed by atoms with Crippen molar-refractivity contribution < 1.29 is 9.84 Å². The molecule has 1 atom stereocenters. The minimum Gasteiger partial charge on any atom is -0.504 e. The van der Waals surface area contributed by atoms with Crippen molar-refractivity contribution in [2.24, 2.45) is 5.92 Å². The Morgan fingerprint density at radius 2 is 1.95 bits per heavy atom. The van der Waals surface area contributed by atoms with Crippen molar-refractivity contribution in [1.29, 1.82) is 0 Å². The molecule has 2 rings (SSSR count). The van der Waals surface area contributed by atoms with Crippen LogP contribution in [0.2, 0.25) is 0 Å². The molecule has 0 spiro atoms. The Labute approximate surface area is 128 Å². The molecule has 0 saturated carbocycles. The van der Waals surface area contributed by atoms with Crippen LogP contribution >= 0.6 is 0 Å². The summed E-state index contributed by atoms with van der Waals surface area (Å²) in [7, 11) is 1.60. The molecule has 0 aliphatic carbocycles. The van der Waals surface area contributed by atoms with E-state index in [2.05, 4.69) is 24.1 Å². The highest BCUT2D eigenvalue weighted by molar-refractivity contribution is 5.42. The third-order valence-electron chi connectivity index (χ3n) is 4.20. The lowest BCUT2D eigenvalue weighted by atomic mass is 9.95. The molecule has 1 aliphatic rings. The van der Waals surface area contributed by atoms with E-state index in [1.54, 1.807) is 13.2 Å². The highest BCUT2D eigenvalue weighted by atomic mass is 16.5. The average Bonchev–Trinajstić information content (AvgIpc) is 2.49. The number of ether oxygens (including phenoxy) is 1. The largest absolute Gasteiger partial charge is 0.504 e. The highest BCUT2D eigenvalue weighted by Crippen LogP contribution is 2.34. The van der Waals surface area contributed by atoms with Crippen LogP contribution in [0.1, 0.15) is 38.3 Å². The van der Waals surface area contributed by atoms with Crippen LogP contribution in [-0.4, -0.2) is 43.3 Å². The summed E-state index contributed by atoms with van der Waals surface area (Å²) in [5.41, 5.74) is 1.24. The van der Waals surface area contributed by atoms with E-state index in [9.17, 15) is 5.11 Å². The van der Waals surface area contributed by atoms with Gasteiger partial charge in [-0.3, -0.25) is 4.90 Å². The molecular weight excluding hydrogens is 264 g/mol. The van der Waals surface area contributed by atoms with E-state index < -0.39 is 0 Å². The Morgan fingerprint density at radius 3 is 2.57 bits per heavy atom. The molecule has 4 nitrogen and oxygen atoms in total. The van der Waals surface area contributed by atoms with Gasteiger partial charge in [0.2, 0.25) is 0 Å². The molecule has 1 aromatic rings. The van der Waals surface area contributed by atoms with Gasteiger partial charge in [-0.1, -0.05) is 19.9 Å². The Morgan fingerprint density at radius 1 is 1.24 bits per heavy atom. The molecule has 1 aliphatic heterocycles. The molecular formula is C17H28N2O2. The van der Waals surface area contributed by atoms with Crippen molar-refractivity contribution in [2.75, 3.05) is 33.3 Å². The zero-order valence-corrected chi connectivity index (χ0v) is 13.4. The van der Waals surface area contributed by atoms with E-state index >= 15 is 0 Å². The number of aromatic hydroxyl groups is 1.